The molecule has 0 aromatic heterocycles. The van der Waals surface area contributed by atoms with Crippen LogP contribution in [-0.4, -0.2) is 72.7 Å². The minimum Gasteiger partial charge on any atom is -0.342 e. The monoisotopic (exact) mass is 610 g/mol. The molecule has 8 nitrogen and oxygen atoms in total. The molecule has 3 aromatic rings. The van der Waals surface area contributed by atoms with Gasteiger partial charge in [0.25, 0.3) is 5.91 Å². The summed E-state index contributed by atoms with van der Waals surface area (Å²) in [6, 6.07) is 22.3. The number of halogens is 2. The van der Waals surface area contributed by atoms with E-state index in [1.54, 1.807) is 55.6 Å². The minimum absolute atomic E-state index is 0.117. The fourth-order valence-electron chi connectivity index (χ4n) is 4.31. The maximum atomic E-state index is 13.4. The number of amides is 4. The summed E-state index contributed by atoms with van der Waals surface area (Å²) in [7, 11) is 1.64. The number of nitrogens with zero attached hydrogens (tertiary/aromatic N) is 3. The van der Waals surface area contributed by atoms with Crippen molar-refractivity contribution in [1.82, 2.24) is 15.1 Å². The zero-order valence-corrected chi connectivity index (χ0v) is 23.7. The van der Waals surface area contributed by atoms with E-state index in [1.165, 1.54) is 14.7 Å². The molecule has 0 aliphatic carbocycles. The van der Waals surface area contributed by atoms with Gasteiger partial charge in [0.1, 0.15) is 12.6 Å². The highest BCUT2D eigenvalue weighted by atomic mass is 79.9. The maximum absolute atomic E-state index is 13.4. The molecule has 4 rings (SSSR count). The summed E-state index contributed by atoms with van der Waals surface area (Å²) in [4.78, 5) is 56.5. The molecule has 1 atom stereocenters. The van der Waals surface area contributed by atoms with Crippen molar-refractivity contribution in [3.05, 3.63) is 99.5 Å². The van der Waals surface area contributed by atoms with Crippen molar-refractivity contribution >= 4 is 56.8 Å². The molecule has 1 aliphatic rings. The van der Waals surface area contributed by atoms with E-state index in [1.807, 2.05) is 30.3 Å². The van der Waals surface area contributed by atoms with Crippen molar-refractivity contribution in [1.29, 1.82) is 0 Å². The van der Waals surface area contributed by atoms with Crippen LogP contribution in [0.4, 0.5) is 5.69 Å². The topological polar surface area (TPSA) is 90.0 Å². The Hall–Kier alpha value is -3.69. The van der Waals surface area contributed by atoms with Crippen LogP contribution in [0.3, 0.4) is 0 Å². The van der Waals surface area contributed by atoms with Gasteiger partial charge in [0, 0.05) is 47.3 Å². The van der Waals surface area contributed by atoms with Gasteiger partial charge in [-0.3, -0.25) is 19.2 Å². The van der Waals surface area contributed by atoms with E-state index >= 15 is 0 Å². The van der Waals surface area contributed by atoms with Gasteiger partial charge < -0.3 is 20.0 Å². The molecule has 3 aromatic carbocycles. The molecule has 4 amide bonds. The van der Waals surface area contributed by atoms with Crippen molar-refractivity contribution in [3.63, 3.8) is 0 Å². The average molecular weight is 612 g/mol. The molecule has 0 saturated carbocycles. The number of carbonyl (C=O) groups is 4. The SMILES string of the molecule is CN(C(=O)[C@H](Cc1ccccc1)NC(=O)CN1CCN(C(=O)c2ccc(Br)cc2)CC1=O)c1ccc(Cl)cc1. The van der Waals surface area contributed by atoms with Crippen molar-refractivity contribution in [2.75, 3.05) is 38.1 Å². The number of hydrogen-bond donors (Lipinski definition) is 1. The molecular formula is C29H28BrClN4O4. The minimum atomic E-state index is -0.851. The van der Waals surface area contributed by atoms with E-state index in [0.717, 1.165) is 10.0 Å². The normalized spacial score (nSPS) is 14.1. The molecule has 202 valence electrons. The first-order valence-corrected chi connectivity index (χ1v) is 13.6. The Morgan fingerprint density at radius 1 is 0.974 bits per heavy atom. The standard InChI is InChI=1S/C29H28BrClN4O4/c1-33(24-13-11-23(31)12-14-24)29(39)25(17-20-5-3-2-4-6-20)32-26(36)18-34-15-16-35(19-27(34)37)28(38)21-7-9-22(30)10-8-21/h2-14,25H,15-19H2,1H3,(H,32,36)/t25-/m0/s1. The van der Waals surface area contributed by atoms with Gasteiger partial charge in [0.05, 0.1) is 6.54 Å². The molecule has 10 heteroatoms. The van der Waals surface area contributed by atoms with E-state index in [0.29, 0.717) is 22.8 Å². The zero-order chi connectivity index (χ0) is 27.9. The summed E-state index contributed by atoms with van der Waals surface area (Å²) in [6.45, 7) is 0.201. The van der Waals surface area contributed by atoms with Crippen LogP contribution in [0.15, 0.2) is 83.3 Å². The van der Waals surface area contributed by atoms with Gasteiger partial charge >= 0.3 is 0 Å². The highest BCUT2D eigenvalue weighted by Gasteiger charge is 2.31. The fraction of sp³-hybridized carbons (Fsp3) is 0.241. The van der Waals surface area contributed by atoms with Gasteiger partial charge in [-0.05, 0) is 54.1 Å². The van der Waals surface area contributed by atoms with Crippen molar-refractivity contribution in [2.24, 2.45) is 0 Å². The molecule has 1 fully saturated rings. The zero-order valence-electron chi connectivity index (χ0n) is 21.3. The lowest BCUT2D eigenvalue weighted by atomic mass is 10.0. The first-order valence-electron chi connectivity index (χ1n) is 12.4. The predicted molar refractivity (Wildman–Crippen MR) is 154 cm³/mol. The van der Waals surface area contributed by atoms with Crippen LogP contribution in [0.5, 0.6) is 0 Å². The third kappa shape index (κ3) is 7.46. The summed E-state index contributed by atoms with van der Waals surface area (Å²) >= 11 is 9.33. The highest BCUT2D eigenvalue weighted by molar-refractivity contribution is 9.10. The number of benzene rings is 3. The maximum Gasteiger partial charge on any atom is 0.254 e. The molecule has 0 unspecified atom stereocenters. The smallest absolute Gasteiger partial charge is 0.254 e. The lowest BCUT2D eigenvalue weighted by Crippen LogP contribution is -2.56. The van der Waals surface area contributed by atoms with E-state index < -0.39 is 11.9 Å². The molecule has 39 heavy (non-hydrogen) atoms. The van der Waals surface area contributed by atoms with Crippen molar-refractivity contribution in [3.8, 4) is 0 Å². The molecule has 0 bridgehead atoms. The number of anilines is 1. The summed E-state index contributed by atoms with van der Waals surface area (Å²) in [5.41, 5.74) is 2.01. The number of hydrogen-bond acceptors (Lipinski definition) is 4. The summed E-state index contributed by atoms with van der Waals surface area (Å²) in [5, 5.41) is 3.38. The largest absolute Gasteiger partial charge is 0.342 e. The molecule has 1 saturated heterocycles. The second-order valence-electron chi connectivity index (χ2n) is 9.23. The van der Waals surface area contributed by atoms with Crippen LogP contribution in [0.2, 0.25) is 5.02 Å². The van der Waals surface area contributed by atoms with Gasteiger partial charge in [-0.2, -0.15) is 0 Å². The second-order valence-corrected chi connectivity index (χ2v) is 10.6. The fourth-order valence-corrected chi connectivity index (χ4v) is 4.70. The van der Waals surface area contributed by atoms with Gasteiger partial charge in [0.2, 0.25) is 17.7 Å². The van der Waals surface area contributed by atoms with Crippen LogP contribution < -0.4 is 10.2 Å². The quantitative estimate of drug-likeness (QED) is 0.420. The summed E-state index contributed by atoms with van der Waals surface area (Å²) in [6.07, 6.45) is 0.284. The van der Waals surface area contributed by atoms with Crippen LogP contribution >= 0.6 is 27.5 Å². The number of likely N-dealkylation sites (N-methyl/N-ethyl adjacent to an activating group) is 1. The summed E-state index contributed by atoms with van der Waals surface area (Å²) < 4.78 is 0.856. The van der Waals surface area contributed by atoms with Crippen LogP contribution in [0.1, 0.15) is 15.9 Å². The Morgan fingerprint density at radius 2 is 1.64 bits per heavy atom. The first-order chi connectivity index (χ1) is 18.7. The van der Waals surface area contributed by atoms with Gasteiger partial charge in [-0.15, -0.1) is 0 Å². The second kappa shape index (κ2) is 12.9. The van der Waals surface area contributed by atoms with E-state index in [4.69, 9.17) is 11.6 Å². The molecule has 0 spiro atoms. The van der Waals surface area contributed by atoms with Gasteiger partial charge in [-0.25, -0.2) is 0 Å². The number of rotatable bonds is 8. The highest BCUT2D eigenvalue weighted by Crippen LogP contribution is 2.19. The molecule has 1 aliphatic heterocycles. The Kier molecular flexibility index (Phi) is 9.37. The summed E-state index contributed by atoms with van der Waals surface area (Å²) in [5.74, 6) is -1.31. The molecule has 1 N–H and O–H groups in total. The Balaban J connectivity index is 1.40. The lowest BCUT2D eigenvalue weighted by Gasteiger charge is -2.34. The average Bonchev–Trinajstić information content (AvgIpc) is 2.94. The van der Waals surface area contributed by atoms with Crippen molar-refractivity contribution in [2.45, 2.75) is 12.5 Å². The van der Waals surface area contributed by atoms with Gasteiger partial charge in [0.15, 0.2) is 0 Å². The van der Waals surface area contributed by atoms with E-state index in [2.05, 4.69) is 21.2 Å². The number of piperazine rings is 1. The van der Waals surface area contributed by atoms with Crippen LogP contribution in [0, 0.1) is 0 Å². The Morgan fingerprint density at radius 3 is 2.28 bits per heavy atom. The molecular weight excluding hydrogens is 584 g/mol. The molecule has 0 radical (unpaired) electrons. The Bertz CT molecular complexity index is 1340. The van der Waals surface area contributed by atoms with E-state index in [9.17, 15) is 19.2 Å². The first kappa shape index (κ1) is 28.3. The van der Waals surface area contributed by atoms with Crippen LogP contribution in [-0.2, 0) is 20.8 Å². The third-order valence-electron chi connectivity index (χ3n) is 6.49. The van der Waals surface area contributed by atoms with Crippen LogP contribution in [0.25, 0.3) is 0 Å². The van der Waals surface area contributed by atoms with Crippen molar-refractivity contribution < 1.29 is 19.2 Å². The number of carbonyl (C=O) groups excluding carboxylic acids is 4. The molecule has 1 heterocycles. The lowest BCUT2D eigenvalue weighted by molar-refractivity contribution is -0.139. The predicted octanol–water partition coefficient (Wildman–Crippen LogP) is 3.78. The number of nitrogens with one attached hydrogen (secondary N) is 1. The third-order valence-corrected chi connectivity index (χ3v) is 7.27. The van der Waals surface area contributed by atoms with Gasteiger partial charge in [-0.1, -0.05) is 57.9 Å². The van der Waals surface area contributed by atoms with E-state index in [-0.39, 0.29) is 43.8 Å². The Labute approximate surface area is 240 Å².